The van der Waals surface area contributed by atoms with Crippen molar-refractivity contribution in [3.63, 3.8) is 0 Å². The lowest BCUT2D eigenvalue weighted by Gasteiger charge is -2.11. The van der Waals surface area contributed by atoms with Crippen molar-refractivity contribution in [1.29, 1.82) is 0 Å². The van der Waals surface area contributed by atoms with Crippen LogP contribution in [0.1, 0.15) is 18.1 Å². The van der Waals surface area contributed by atoms with Crippen molar-refractivity contribution in [2.24, 2.45) is 0 Å². The molecule has 0 bridgehead atoms. The minimum atomic E-state index is -0.403. The van der Waals surface area contributed by atoms with E-state index in [9.17, 15) is 9.59 Å². The van der Waals surface area contributed by atoms with Crippen molar-refractivity contribution in [1.82, 2.24) is 0 Å². The molecule has 1 aliphatic rings. The molecule has 0 N–H and O–H groups in total. The van der Waals surface area contributed by atoms with Crippen LogP contribution < -0.4 is 9.64 Å². The minimum Gasteiger partial charge on any atom is -0.497 e. The molecule has 0 saturated heterocycles. The lowest BCUT2D eigenvalue weighted by molar-refractivity contribution is -0.122. The summed E-state index contributed by atoms with van der Waals surface area (Å²) in [5.41, 5.74) is 2.25. The Kier molecular flexibility index (Phi) is 3.92. The van der Waals surface area contributed by atoms with E-state index in [0.29, 0.717) is 33.2 Å². The third kappa shape index (κ3) is 2.51. The van der Waals surface area contributed by atoms with E-state index in [1.807, 2.05) is 6.07 Å². The monoisotopic (exact) mass is 327 g/mol. The van der Waals surface area contributed by atoms with Crippen LogP contribution in [-0.2, 0) is 9.59 Å². The van der Waals surface area contributed by atoms with Gasteiger partial charge in [0.15, 0.2) is 0 Å². The number of hydrogen-bond acceptors (Lipinski definition) is 3. The first-order chi connectivity index (χ1) is 11.0. The highest BCUT2D eigenvalue weighted by molar-refractivity contribution is 6.60. The van der Waals surface area contributed by atoms with Crippen LogP contribution in [0.4, 0.5) is 5.69 Å². The smallest absolute Gasteiger partial charge is 0.267 e. The molecule has 2 aromatic rings. The zero-order valence-corrected chi connectivity index (χ0v) is 13.4. The maximum atomic E-state index is 12.7. The fourth-order valence-electron chi connectivity index (χ4n) is 2.62. The van der Waals surface area contributed by atoms with E-state index in [1.54, 1.807) is 49.6 Å². The van der Waals surface area contributed by atoms with Crippen LogP contribution >= 0.6 is 11.6 Å². The van der Waals surface area contributed by atoms with Crippen molar-refractivity contribution in [3.8, 4) is 5.75 Å². The van der Waals surface area contributed by atoms with Crippen molar-refractivity contribution < 1.29 is 14.3 Å². The molecule has 2 amide bonds. The number of carbonyl (C=O) groups is 2. The second-order valence-corrected chi connectivity index (χ2v) is 5.47. The third-order valence-electron chi connectivity index (χ3n) is 3.71. The van der Waals surface area contributed by atoms with Gasteiger partial charge in [0.25, 0.3) is 5.91 Å². The molecule has 5 heteroatoms. The Balaban J connectivity index is 2.17. The summed E-state index contributed by atoms with van der Waals surface area (Å²) in [7, 11) is 1.58. The Morgan fingerprint density at radius 3 is 2.35 bits per heavy atom. The predicted octanol–water partition coefficient (Wildman–Crippen LogP) is 3.70. The van der Waals surface area contributed by atoms with Gasteiger partial charge in [-0.25, -0.2) is 4.90 Å². The fraction of sp³-hybridized carbons (Fsp3) is 0.111. The molecule has 0 saturated carbocycles. The van der Waals surface area contributed by atoms with Gasteiger partial charge in [-0.3, -0.25) is 9.59 Å². The molecule has 0 aromatic heterocycles. The second-order valence-electron chi connectivity index (χ2n) is 5.09. The van der Waals surface area contributed by atoms with Gasteiger partial charge in [0.1, 0.15) is 5.75 Å². The first kappa shape index (κ1) is 15.3. The number of benzene rings is 2. The number of amides is 2. The van der Waals surface area contributed by atoms with Gasteiger partial charge in [-0.2, -0.15) is 0 Å². The van der Waals surface area contributed by atoms with Crippen LogP contribution in [0.15, 0.2) is 48.5 Å². The quantitative estimate of drug-likeness (QED) is 0.790. The number of rotatable bonds is 2. The summed E-state index contributed by atoms with van der Waals surface area (Å²) in [6.07, 6.45) is 0. The van der Waals surface area contributed by atoms with E-state index in [-0.39, 0.29) is 5.91 Å². The minimum absolute atomic E-state index is 0.314. The van der Waals surface area contributed by atoms with Crippen molar-refractivity contribution >= 4 is 39.7 Å². The van der Waals surface area contributed by atoms with Gasteiger partial charge >= 0.3 is 0 Å². The van der Waals surface area contributed by atoms with Gasteiger partial charge in [-0.05, 0) is 35.9 Å². The van der Waals surface area contributed by atoms with Gasteiger partial charge in [-0.1, -0.05) is 29.8 Å². The number of carbonyl (C=O) groups excluding carboxylic acids is 2. The van der Waals surface area contributed by atoms with Crippen molar-refractivity contribution in [2.45, 2.75) is 6.92 Å². The van der Waals surface area contributed by atoms with Crippen molar-refractivity contribution in [2.75, 3.05) is 12.0 Å². The van der Waals surface area contributed by atoms with Crippen LogP contribution in [-0.4, -0.2) is 18.9 Å². The third-order valence-corrected chi connectivity index (χ3v) is 4.12. The van der Waals surface area contributed by atoms with Gasteiger partial charge in [-0.15, -0.1) is 0 Å². The molecule has 1 aliphatic heterocycles. The first-order valence-corrected chi connectivity index (χ1v) is 7.41. The zero-order chi connectivity index (χ0) is 16.6. The number of para-hydroxylation sites is 1. The molecule has 116 valence electrons. The van der Waals surface area contributed by atoms with Gasteiger partial charge in [0.05, 0.1) is 23.4 Å². The van der Waals surface area contributed by atoms with Crippen LogP contribution in [0.5, 0.6) is 5.75 Å². The summed E-state index contributed by atoms with van der Waals surface area (Å²) in [5, 5.41) is 0.314. The van der Waals surface area contributed by atoms with Crippen molar-refractivity contribution in [3.05, 3.63) is 59.7 Å². The van der Waals surface area contributed by atoms with E-state index in [4.69, 9.17) is 16.3 Å². The van der Waals surface area contributed by atoms with Gasteiger partial charge < -0.3 is 4.74 Å². The Morgan fingerprint density at radius 2 is 1.74 bits per heavy atom. The average Bonchev–Trinajstić information content (AvgIpc) is 2.86. The largest absolute Gasteiger partial charge is 0.497 e. The molecule has 0 atom stereocenters. The summed E-state index contributed by atoms with van der Waals surface area (Å²) in [6, 6.07) is 14.2. The Morgan fingerprint density at radius 1 is 1.09 bits per heavy atom. The maximum absolute atomic E-state index is 12.7. The highest BCUT2D eigenvalue weighted by atomic mass is 35.5. The Labute approximate surface area is 138 Å². The molecule has 0 radical (unpaired) electrons. The van der Waals surface area contributed by atoms with E-state index < -0.39 is 5.91 Å². The molecule has 4 nitrogen and oxygen atoms in total. The molecule has 1 heterocycles. The van der Waals surface area contributed by atoms with Gasteiger partial charge in [0, 0.05) is 12.5 Å². The molecule has 2 aromatic carbocycles. The molecular weight excluding hydrogens is 314 g/mol. The van der Waals surface area contributed by atoms with E-state index in [1.165, 1.54) is 6.92 Å². The highest BCUT2D eigenvalue weighted by Crippen LogP contribution is 2.42. The zero-order valence-electron chi connectivity index (χ0n) is 12.7. The number of methoxy groups -OCH3 is 1. The molecule has 0 spiro atoms. The standard InChI is InChI=1S/C18H14ClNO3/c1-11(21)20-15-6-4-3-5-14(15)16(18(20)22)17(19)12-7-9-13(23-2)10-8-12/h3-10H,1-2H3/b17-16+. The number of imide groups is 1. The first-order valence-electron chi connectivity index (χ1n) is 7.03. The fourth-order valence-corrected chi connectivity index (χ4v) is 2.93. The summed E-state index contributed by atoms with van der Waals surface area (Å²) < 4.78 is 5.12. The van der Waals surface area contributed by atoms with E-state index in [0.717, 1.165) is 4.90 Å². The van der Waals surface area contributed by atoms with E-state index >= 15 is 0 Å². The Bertz CT molecular complexity index is 824. The number of anilines is 1. The molecule has 3 rings (SSSR count). The lowest BCUT2D eigenvalue weighted by atomic mass is 10.0. The van der Waals surface area contributed by atoms with E-state index in [2.05, 4.69) is 0 Å². The summed E-state index contributed by atoms with van der Waals surface area (Å²) in [6.45, 7) is 1.36. The average molecular weight is 328 g/mol. The number of ether oxygens (including phenoxy) is 1. The highest BCUT2D eigenvalue weighted by Gasteiger charge is 2.36. The van der Waals surface area contributed by atoms with Crippen LogP contribution in [0.25, 0.3) is 10.6 Å². The SMILES string of the molecule is COc1ccc(/C(Cl)=C2\C(=O)N(C(C)=O)c3ccccc32)cc1. The summed E-state index contributed by atoms with van der Waals surface area (Å²) in [4.78, 5) is 25.7. The lowest BCUT2D eigenvalue weighted by Crippen LogP contribution is -2.31. The maximum Gasteiger partial charge on any atom is 0.267 e. The summed E-state index contributed by atoms with van der Waals surface area (Å²) >= 11 is 6.48. The Hall–Kier alpha value is -2.59. The van der Waals surface area contributed by atoms with Gasteiger partial charge in [0.2, 0.25) is 5.91 Å². The number of hydrogen-bond donors (Lipinski definition) is 0. The number of halogens is 1. The number of nitrogens with zero attached hydrogens (tertiary/aromatic N) is 1. The predicted molar refractivity (Wildman–Crippen MR) is 90.3 cm³/mol. The molecular formula is C18H14ClNO3. The molecule has 0 fully saturated rings. The number of fused-ring (bicyclic) bond motifs is 1. The topological polar surface area (TPSA) is 46.6 Å². The van der Waals surface area contributed by atoms with Crippen LogP contribution in [0.3, 0.4) is 0 Å². The van der Waals surface area contributed by atoms with Crippen LogP contribution in [0, 0.1) is 0 Å². The second kappa shape index (κ2) is 5.89. The summed E-state index contributed by atoms with van der Waals surface area (Å²) in [5.74, 6) is -0.0390. The normalized spacial score (nSPS) is 15.4. The molecule has 0 aliphatic carbocycles. The molecule has 0 unspecified atom stereocenters. The molecule has 23 heavy (non-hydrogen) atoms. The van der Waals surface area contributed by atoms with Crippen LogP contribution in [0.2, 0.25) is 0 Å².